The van der Waals surface area contributed by atoms with Gasteiger partial charge in [-0.05, 0) is 12.1 Å². The first-order valence-electron chi connectivity index (χ1n) is 6.59. The largest absolute Gasteiger partial charge is 0.424 e. The number of aliphatic hydroxyl groups is 4. The third-order valence-electron chi connectivity index (χ3n) is 3.45. The highest BCUT2D eigenvalue weighted by molar-refractivity contribution is 5.89. The number of rotatable bonds is 4. The van der Waals surface area contributed by atoms with E-state index in [1.807, 2.05) is 0 Å². The molecule has 8 heteroatoms. The Morgan fingerprint density at radius 1 is 1.23 bits per heavy atom. The summed E-state index contributed by atoms with van der Waals surface area (Å²) in [4.78, 5) is 12.1. The molecule has 0 radical (unpaired) electrons. The van der Waals surface area contributed by atoms with E-state index in [2.05, 4.69) is 0 Å². The van der Waals surface area contributed by atoms with Crippen molar-refractivity contribution in [2.45, 2.75) is 30.4 Å². The first-order valence-corrected chi connectivity index (χ1v) is 6.59. The molecule has 1 aliphatic rings. The van der Waals surface area contributed by atoms with E-state index in [-0.39, 0.29) is 5.56 Å². The zero-order valence-electron chi connectivity index (χ0n) is 11.8. The van der Waals surface area contributed by atoms with Crippen molar-refractivity contribution in [3.63, 3.8) is 0 Å². The van der Waals surface area contributed by atoms with E-state index in [4.69, 9.17) is 14.2 Å². The van der Waals surface area contributed by atoms with Crippen LogP contribution in [0.1, 0.15) is 10.4 Å². The predicted octanol–water partition coefficient (Wildman–Crippen LogP) is -1.38. The highest BCUT2D eigenvalue weighted by atomic mass is 16.8. The third-order valence-corrected chi connectivity index (χ3v) is 3.45. The maximum atomic E-state index is 12.1. The number of benzene rings is 1. The molecule has 0 amide bonds. The van der Waals surface area contributed by atoms with Crippen LogP contribution in [0.15, 0.2) is 30.3 Å². The van der Waals surface area contributed by atoms with Gasteiger partial charge >= 0.3 is 5.97 Å². The lowest BCUT2D eigenvalue weighted by Gasteiger charge is -2.46. The van der Waals surface area contributed by atoms with Crippen molar-refractivity contribution in [3.05, 3.63) is 35.9 Å². The summed E-state index contributed by atoms with van der Waals surface area (Å²) < 4.78 is 15.1. The number of esters is 1. The van der Waals surface area contributed by atoms with Crippen LogP contribution in [0.2, 0.25) is 0 Å². The van der Waals surface area contributed by atoms with Gasteiger partial charge in [-0.1, -0.05) is 18.2 Å². The minimum absolute atomic E-state index is 0.167. The fourth-order valence-corrected chi connectivity index (χ4v) is 2.17. The second-order valence-corrected chi connectivity index (χ2v) is 4.87. The minimum Gasteiger partial charge on any atom is -0.424 e. The molecule has 8 nitrogen and oxygen atoms in total. The molecular weight excluding hydrogens is 296 g/mol. The first kappa shape index (κ1) is 16.8. The fraction of sp³-hybridized carbons (Fsp3) is 0.500. The molecule has 2 rings (SSSR count). The molecule has 4 N–H and O–H groups in total. The van der Waals surface area contributed by atoms with Gasteiger partial charge in [-0.3, -0.25) is 0 Å². The Hall–Kier alpha value is -1.55. The lowest BCUT2D eigenvalue weighted by molar-refractivity contribution is -0.390. The molecule has 1 aromatic rings. The first-order chi connectivity index (χ1) is 10.4. The van der Waals surface area contributed by atoms with Crippen molar-refractivity contribution >= 4 is 5.97 Å². The summed E-state index contributed by atoms with van der Waals surface area (Å²) in [5.74, 6) is -3.11. The minimum atomic E-state index is -2.24. The molecular formula is C14H18O8. The zero-order chi connectivity index (χ0) is 16.3. The van der Waals surface area contributed by atoms with Crippen molar-refractivity contribution < 1.29 is 39.4 Å². The van der Waals surface area contributed by atoms with E-state index < -0.39 is 43.0 Å². The van der Waals surface area contributed by atoms with E-state index >= 15 is 0 Å². The number of hydrogen-bond acceptors (Lipinski definition) is 8. The lowest BCUT2D eigenvalue weighted by atomic mass is 9.96. The molecule has 22 heavy (non-hydrogen) atoms. The van der Waals surface area contributed by atoms with Crippen molar-refractivity contribution in [2.24, 2.45) is 0 Å². The summed E-state index contributed by atoms with van der Waals surface area (Å²) in [5, 5.41) is 39.1. The van der Waals surface area contributed by atoms with Gasteiger partial charge in [0.2, 0.25) is 0 Å². The number of carbonyl (C=O) groups excluding carboxylic acids is 1. The van der Waals surface area contributed by atoms with Crippen molar-refractivity contribution in [3.8, 4) is 0 Å². The predicted molar refractivity (Wildman–Crippen MR) is 71.6 cm³/mol. The van der Waals surface area contributed by atoms with Gasteiger partial charge in [0.15, 0.2) is 12.4 Å². The van der Waals surface area contributed by atoms with Crippen LogP contribution in [0.25, 0.3) is 0 Å². The Labute approximate surface area is 126 Å². The molecule has 1 heterocycles. The summed E-state index contributed by atoms with van der Waals surface area (Å²) in [6, 6.07) is 7.86. The Bertz CT molecular complexity index is 505. The lowest BCUT2D eigenvalue weighted by Crippen LogP contribution is -2.67. The normalized spacial score (nSPS) is 35.1. The monoisotopic (exact) mass is 314 g/mol. The molecule has 1 aliphatic heterocycles. The van der Waals surface area contributed by atoms with Gasteiger partial charge in [0.25, 0.3) is 5.79 Å². The van der Waals surface area contributed by atoms with Crippen LogP contribution in [0.3, 0.4) is 0 Å². The topological polar surface area (TPSA) is 126 Å². The number of aliphatic hydroxyl groups excluding tert-OH is 4. The van der Waals surface area contributed by atoms with Gasteiger partial charge in [0, 0.05) is 7.11 Å². The van der Waals surface area contributed by atoms with E-state index in [1.54, 1.807) is 18.2 Å². The van der Waals surface area contributed by atoms with Crippen LogP contribution in [0.4, 0.5) is 0 Å². The average molecular weight is 314 g/mol. The number of methoxy groups -OCH3 is 1. The molecule has 0 bridgehead atoms. The molecule has 5 atom stereocenters. The van der Waals surface area contributed by atoms with E-state index in [9.17, 15) is 25.2 Å². The highest BCUT2D eigenvalue weighted by Crippen LogP contribution is 2.32. The van der Waals surface area contributed by atoms with E-state index in [0.717, 1.165) is 0 Å². The molecule has 122 valence electrons. The molecule has 1 fully saturated rings. The molecule has 1 saturated heterocycles. The third kappa shape index (κ3) is 2.98. The zero-order valence-corrected chi connectivity index (χ0v) is 11.8. The van der Waals surface area contributed by atoms with Crippen LogP contribution < -0.4 is 0 Å². The summed E-state index contributed by atoms with van der Waals surface area (Å²) in [6.07, 6.45) is -6.52. The molecule has 0 aliphatic carbocycles. The van der Waals surface area contributed by atoms with Gasteiger partial charge in [0.1, 0.15) is 18.8 Å². The smallest absolute Gasteiger partial charge is 0.340 e. The maximum Gasteiger partial charge on any atom is 0.340 e. The van der Waals surface area contributed by atoms with Crippen molar-refractivity contribution in [1.82, 2.24) is 0 Å². The quantitative estimate of drug-likeness (QED) is 0.501. The summed E-state index contributed by atoms with van der Waals surface area (Å²) in [6.45, 7) is -0.934. The van der Waals surface area contributed by atoms with Gasteiger partial charge in [-0.25, -0.2) is 4.79 Å². The van der Waals surface area contributed by atoms with Gasteiger partial charge in [-0.2, -0.15) is 0 Å². The van der Waals surface area contributed by atoms with Gasteiger partial charge < -0.3 is 34.6 Å². The molecule has 0 aromatic heterocycles. The van der Waals surface area contributed by atoms with Crippen LogP contribution >= 0.6 is 0 Å². The molecule has 1 aromatic carbocycles. The van der Waals surface area contributed by atoms with Crippen LogP contribution in [-0.2, 0) is 14.2 Å². The second kappa shape index (κ2) is 6.69. The van der Waals surface area contributed by atoms with Crippen LogP contribution in [-0.4, -0.2) is 70.5 Å². The Morgan fingerprint density at radius 3 is 2.41 bits per heavy atom. The summed E-state index contributed by atoms with van der Waals surface area (Å²) >= 11 is 0. The molecule has 0 spiro atoms. The number of hydrogen-bond donors (Lipinski definition) is 4. The fourth-order valence-electron chi connectivity index (χ4n) is 2.17. The van der Waals surface area contributed by atoms with Gasteiger partial charge in [0.05, 0.1) is 5.56 Å². The van der Waals surface area contributed by atoms with Crippen LogP contribution in [0, 0.1) is 0 Å². The highest BCUT2D eigenvalue weighted by Gasteiger charge is 2.56. The van der Waals surface area contributed by atoms with Gasteiger partial charge in [-0.15, -0.1) is 0 Å². The van der Waals surface area contributed by atoms with Crippen LogP contribution in [0.5, 0.6) is 0 Å². The van der Waals surface area contributed by atoms with E-state index in [1.165, 1.54) is 19.2 Å². The Kier molecular flexibility index (Phi) is 5.12. The summed E-state index contributed by atoms with van der Waals surface area (Å²) in [5.41, 5.74) is 0.167. The summed E-state index contributed by atoms with van der Waals surface area (Å²) in [7, 11) is 1.19. The second-order valence-electron chi connectivity index (χ2n) is 4.87. The average Bonchev–Trinajstić information content (AvgIpc) is 2.56. The van der Waals surface area contributed by atoms with Crippen molar-refractivity contribution in [1.29, 1.82) is 0 Å². The Morgan fingerprint density at radius 2 is 1.86 bits per heavy atom. The Balaban J connectivity index is 2.25. The maximum absolute atomic E-state index is 12.1. The van der Waals surface area contributed by atoms with Crippen molar-refractivity contribution in [2.75, 3.05) is 13.7 Å². The number of ether oxygens (including phenoxy) is 3. The van der Waals surface area contributed by atoms with E-state index in [0.29, 0.717) is 0 Å². The number of carbonyl (C=O) groups is 1. The standard InChI is InChI=1S/C14H18O8/c1-20-13-10(17)9(16)11(18)14(7-15,22-13)21-12(19)8-5-3-2-4-6-8/h2-6,9-11,13,15-18H,7H2,1H3/t9-,10+,11-,13+,14?/m1/s1. The molecule has 0 saturated carbocycles. The SMILES string of the molecule is CO[C@H]1OC(CO)(OC(=O)c2ccccc2)[C@H](O)[C@H](O)[C@@H]1O. The molecule has 1 unspecified atom stereocenters.